The number of nitro benzene ring substituents is 1. The molecule has 1 heterocycles. The Hall–Kier alpha value is -2.24. The summed E-state index contributed by atoms with van der Waals surface area (Å²) in [5.41, 5.74) is 0.858. The molecule has 2 aromatic rings. The highest BCUT2D eigenvalue weighted by molar-refractivity contribution is 5.35. The van der Waals surface area contributed by atoms with Crippen LogP contribution in [0.1, 0.15) is 30.7 Å². The lowest BCUT2D eigenvalue weighted by molar-refractivity contribution is -0.384. The Morgan fingerprint density at radius 1 is 1.33 bits per heavy atom. The highest BCUT2D eigenvalue weighted by Gasteiger charge is 2.09. The third-order valence-corrected chi connectivity index (χ3v) is 2.45. The molecule has 0 saturated carbocycles. The summed E-state index contributed by atoms with van der Waals surface area (Å²) >= 11 is 0. The number of hydrogen-bond donors (Lipinski definition) is 0. The van der Waals surface area contributed by atoms with E-state index in [2.05, 4.69) is 10.2 Å². The van der Waals surface area contributed by atoms with Gasteiger partial charge in [-0.3, -0.25) is 10.1 Å². The van der Waals surface area contributed by atoms with E-state index in [0.29, 0.717) is 18.2 Å². The third-order valence-electron chi connectivity index (χ3n) is 2.45. The lowest BCUT2D eigenvalue weighted by Crippen LogP contribution is -1.92. The molecule has 1 aromatic carbocycles. The molecular weight excluding hydrogens is 234 g/mol. The zero-order valence-electron chi connectivity index (χ0n) is 10.00. The van der Waals surface area contributed by atoms with Gasteiger partial charge in [-0.05, 0) is 12.0 Å². The first-order valence-corrected chi connectivity index (χ1v) is 5.73. The third kappa shape index (κ3) is 2.91. The number of nitro groups is 1. The minimum atomic E-state index is -0.417. The van der Waals surface area contributed by atoms with Crippen LogP contribution >= 0.6 is 0 Å². The van der Waals surface area contributed by atoms with Crippen LogP contribution in [0.15, 0.2) is 28.7 Å². The molecule has 0 atom stereocenters. The molecule has 0 amide bonds. The molecule has 0 radical (unpaired) electrons. The minimum absolute atomic E-state index is 0.0702. The molecule has 0 aliphatic rings. The number of benzene rings is 1. The smallest absolute Gasteiger partial charge is 0.269 e. The molecule has 0 unspecified atom stereocenters. The molecule has 0 aliphatic heterocycles. The van der Waals surface area contributed by atoms with Crippen LogP contribution < -0.4 is 0 Å². The van der Waals surface area contributed by atoms with Crippen LogP contribution in [0.2, 0.25) is 0 Å². The zero-order chi connectivity index (χ0) is 13.0. The van der Waals surface area contributed by atoms with Crippen LogP contribution in [-0.2, 0) is 12.8 Å². The fraction of sp³-hybridized carbons (Fsp3) is 0.333. The number of non-ortho nitro benzene ring substituents is 1. The summed E-state index contributed by atoms with van der Waals surface area (Å²) in [6.45, 7) is 2.03. The normalized spacial score (nSPS) is 10.5. The van der Waals surface area contributed by atoms with Crippen molar-refractivity contribution in [2.45, 2.75) is 26.2 Å². The van der Waals surface area contributed by atoms with E-state index in [-0.39, 0.29) is 5.69 Å². The molecule has 6 nitrogen and oxygen atoms in total. The van der Waals surface area contributed by atoms with E-state index in [1.807, 2.05) is 6.92 Å². The van der Waals surface area contributed by atoms with Crippen molar-refractivity contribution >= 4 is 5.69 Å². The molecule has 0 N–H and O–H groups in total. The summed E-state index contributed by atoms with van der Waals surface area (Å²) in [6.07, 6.45) is 2.11. The molecule has 0 aliphatic carbocycles. The summed E-state index contributed by atoms with van der Waals surface area (Å²) in [4.78, 5) is 10.2. The van der Waals surface area contributed by atoms with E-state index in [1.54, 1.807) is 12.1 Å². The van der Waals surface area contributed by atoms with Crippen molar-refractivity contribution in [3.05, 3.63) is 51.7 Å². The van der Waals surface area contributed by atoms with E-state index in [1.165, 1.54) is 12.1 Å². The van der Waals surface area contributed by atoms with E-state index in [0.717, 1.165) is 18.4 Å². The topological polar surface area (TPSA) is 82.1 Å². The number of aromatic nitrogens is 2. The lowest BCUT2D eigenvalue weighted by Gasteiger charge is -1.97. The Labute approximate surface area is 104 Å². The molecule has 94 valence electrons. The standard InChI is InChI=1S/C12H13N3O3/c1-2-4-11-13-14-12(18-11)8-9-5-3-6-10(7-9)15(16)17/h3,5-7H,2,4,8H2,1H3. The summed E-state index contributed by atoms with van der Waals surface area (Å²) in [6, 6.07) is 6.43. The van der Waals surface area contributed by atoms with Crippen LogP contribution in [0, 0.1) is 10.1 Å². The maximum Gasteiger partial charge on any atom is 0.269 e. The van der Waals surface area contributed by atoms with Crippen molar-refractivity contribution in [2.24, 2.45) is 0 Å². The van der Waals surface area contributed by atoms with Crippen molar-refractivity contribution in [2.75, 3.05) is 0 Å². The summed E-state index contributed by atoms with van der Waals surface area (Å²) in [5, 5.41) is 18.5. The summed E-state index contributed by atoms with van der Waals surface area (Å²) in [5.74, 6) is 1.09. The van der Waals surface area contributed by atoms with Gasteiger partial charge in [0.25, 0.3) is 5.69 Å². The van der Waals surface area contributed by atoms with Crippen LogP contribution in [0.4, 0.5) is 5.69 Å². The average molecular weight is 247 g/mol. The molecule has 0 bridgehead atoms. The van der Waals surface area contributed by atoms with Crippen molar-refractivity contribution in [1.82, 2.24) is 10.2 Å². The summed E-state index contributed by atoms with van der Waals surface area (Å²) in [7, 11) is 0. The van der Waals surface area contributed by atoms with Gasteiger partial charge in [0.15, 0.2) is 0 Å². The molecule has 1 aromatic heterocycles. The fourth-order valence-electron chi connectivity index (χ4n) is 1.63. The van der Waals surface area contributed by atoms with Crippen molar-refractivity contribution in [3.8, 4) is 0 Å². The van der Waals surface area contributed by atoms with Gasteiger partial charge in [-0.2, -0.15) is 0 Å². The van der Waals surface area contributed by atoms with Crippen molar-refractivity contribution in [1.29, 1.82) is 0 Å². The first-order valence-electron chi connectivity index (χ1n) is 5.73. The molecule has 0 spiro atoms. The van der Waals surface area contributed by atoms with Crippen LogP contribution in [0.3, 0.4) is 0 Å². The van der Waals surface area contributed by atoms with E-state index >= 15 is 0 Å². The molecule has 18 heavy (non-hydrogen) atoms. The Balaban J connectivity index is 2.12. The second kappa shape index (κ2) is 5.39. The van der Waals surface area contributed by atoms with Gasteiger partial charge in [0, 0.05) is 18.6 Å². The second-order valence-electron chi connectivity index (χ2n) is 3.94. The maximum atomic E-state index is 10.6. The van der Waals surface area contributed by atoms with Crippen molar-refractivity contribution in [3.63, 3.8) is 0 Å². The van der Waals surface area contributed by atoms with Gasteiger partial charge < -0.3 is 4.42 Å². The van der Waals surface area contributed by atoms with E-state index in [9.17, 15) is 10.1 Å². The Kier molecular flexibility index (Phi) is 3.66. The fourth-order valence-corrected chi connectivity index (χ4v) is 1.63. The largest absolute Gasteiger partial charge is 0.425 e. The predicted molar refractivity (Wildman–Crippen MR) is 64.2 cm³/mol. The minimum Gasteiger partial charge on any atom is -0.425 e. The van der Waals surface area contributed by atoms with Gasteiger partial charge >= 0.3 is 0 Å². The zero-order valence-corrected chi connectivity index (χ0v) is 10.00. The van der Waals surface area contributed by atoms with Crippen LogP contribution in [0.5, 0.6) is 0 Å². The maximum absolute atomic E-state index is 10.6. The molecule has 0 saturated heterocycles. The van der Waals surface area contributed by atoms with Gasteiger partial charge in [0.1, 0.15) is 0 Å². The molecule has 6 heteroatoms. The first kappa shape index (κ1) is 12.2. The Morgan fingerprint density at radius 3 is 2.83 bits per heavy atom. The van der Waals surface area contributed by atoms with Gasteiger partial charge in [0.05, 0.1) is 11.3 Å². The van der Waals surface area contributed by atoms with Crippen LogP contribution in [0.25, 0.3) is 0 Å². The molecule has 0 fully saturated rings. The second-order valence-corrected chi connectivity index (χ2v) is 3.94. The SMILES string of the molecule is CCCc1nnc(Cc2cccc([N+](=O)[O-])c2)o1. The van der Waals surface area contributed by atoms with Crippen LogP contribution in [-0.4, -0.2) is 15.1 Å². The van der Waals surface area contributed by atoms with Crippen molar-refractivity contribution < 1.29 is 9.34 Å². The van der Waals surface area contributed by atoms with E-state index < -0.39 is 4.92 Å². The van der Waals surface area contributed by atoms with Gasteiger partial charge in [-0.25, -0.2) is 0 Å². The predicted octanol–water partition coefficient (Wildman–Crippen LogP) is 2.52. The Morgan fingerprint density at radius 2 is 2.11 bits per heavy atom. The average Bonchev–Trinajstić information content (AvgIpc) is 2.77. The number of aryl methyl sites for hydroxylation is 1. The van der Waals surface area contributed by atoms with Gasteiger partial charge in [0.2, 0.25) is 11.8 Å². The molecule has 2 rings (SSSR count). The van der Waals surface area contributed by atoms with Gasteiger partial charge in [-0.15, -0.1) is 10.2 Å². The summed E-state index contributed by atoms with van der Waals surface area (Å²) < 4.78 is 5.44. The number of nitrogens with zero attached hydrogens (tertiary/aromatic N) is 3. The number of rotatable bonds is 5. The highest BCUT2D eigenvalue weighted by atomic mass is 16.6. The molecular formula is C12H13N3O3. The number of hydrogen-bond acceptors (Lipinski definition) is 5. The first-order chi connectivity index (χ1) is 8.69. The van der Waals surface area contributed by atoms with Gasteiger partial charge in [-0.1, -0.05) is 19.1 Å². The quantitative estimate of drug-likeness (QED) is 0.598. The highest BCUT2D eigenvalue weighted by Crippen LogP contribution is 2.16. The lowest BCUT2D eigenvalue weighted by atomic mass is 10.1. The Bertz CT molecular complexity index is 551. The van der Waals surface area contributed by atoms with E-state index in [4.69, 9.17) is 4.42 Å². The monoisotopic (exact) mass is 247 g/mol.